The van der Waals surface area contributed by atoms with Crippen LogP contribution in [0.2, 0.25) is 5.15 Å². The topological polar surface area (TPSA) is 79.4 Å². The molecule has 0 saturated carbocycles. The highest BCUT2D eigenvalue weighted by atomic mass is 35.5. The number of halogens is 1. The van der Waals surface area contributed by atoms with E-state index in [1.54, 1.807) is 0 Å². The van der Waals surface area contributed by atoms with Gasteiger partial charge in [0.05, 0.1) is 5.69 Å². The van der Waals surface area contributed by atoms with Crippen LogP contribution < -0.4 is 5.32 Å². The number of nitrogens with zero attached hydrogens (tertiary/aromatic N) is 4. The lowest BCUT2D eigenvalue weighted by atomic mass is 9.76. The second-order valence-corrected chi connectivity index (χ2v) is 8.31. The Morgan fingerprint density at radius 1 is 1.22 bits per heavy atom. The smallest absolute Gasteiger partial charge is 0.132 e. The van der Waals surface area contributed by atoms with E-state index in [0.29, 0.717) is 22.9 Å². The molecule has 3 aromatic heterocycles. The maximum atomic E-state index is 6.28. The monoisotopic (exact) mass is 382 g/mol. The number of rotatable bonds is 4. The van der Waals surface area contributed by atoms with Crippen LogP contribution in [0.3, 0.4) is 0 Å². The molecule has 0 atom stereocenters. The summed E-state index contributed by atoms with van der Waals surface area (Å²) in [7, 11) is 0. The van der Waals surface area contributed by atoms with E-state index in [1.165, 1.54) is 11.3 Å². The number of pyridine rings is 1. The van der Waals surface area contributed by atoms with Crippen molar-refractivity contribution >= 4 is 17.4 Å². The summed E-state index contributed by atoms with van der Waals surface area (Å²) in [6, 6.07) is 3.87. The number of aryl methyl sites for hydroxylation is 1. The van der Waals surface area contributed by atoms with E-state index < -0.39 is 0 Å². The van der Waals surface area contributed by atoms with Crippen molar-refractivity contribution in [3.05, 3.63) is 52.3 Å². The Morgan fingerprint density at radius 2 is 2.00 bits per heavy atom. The predicted octanol–water partition coefficient (Wildman–Crippen LogP) is 4.35. The van der Waals surface area contributed by atoms with Gasteiger partial charge in [0.15, 0.2) is 0 Å². The second-order valence-electron chi connectivity index (χ2n) is 7.93. The fraction of sp³-hybridized carbons (Fsp3) is 0.400. The third-order valence-electron chi connectivity index (χ3n) is 5.04. The van der Waals surface area contributed by atoms with E-state index in [-0.39, 0.29) is 0 Å². The van der Waals surface area contributed by atoms with Gasteiger partial charge in [0.25, 0.3) is 0 Å². The fourth-order valence-electron chi connectivity index (χ4n) is 3.51. The standard InChI is InChI=1S/C20H23ClN6/c1-12-22-9-13(10-23-12)11-24-18-7-14(6-17(21)25-18)19-15-4-5-20(2,3)8-16(15)26-27-19/h6-7,9-10H,4-5,8,11H2,1-3H3,(H,24,25)(H,26,27). The summed E-state index contributed by atoms with van der Waals surface area (Å²) in [4.78, 5) is 12.8. The molecule has 6 nitrogen and oxygen atoms in total. The lowest BCUT2D eigenvalue weighted by Crippen LogP contribution is -2.21. The van der Waals surface area contributed by atoms with Crippen LogP contribution in [0.25, 0.3) is 11.3 Å². The minimum atomic E-state index is 0.315. The molecule has 0 spiro atoms. The average molecular weight is 383 g/mol. The number of hydrogen-bond acceptors (Lipinski definition) is 5. The normalized spacial score (nSPS) is 15.4. The number of fused-ring (bicyclic) bond motifs is 1. The molecule has 0 saturated heterocycles. The molecule has 0 bridgehead atoms. The third-order valence-corrected chi connectivity index (χ3v) is 5.23. The molecule has 3 heterocycles. The van der Waals surface area contributed by atoms with Gasteiger partial charge < -0.3 is 5.32 Å². The van der Waals surface area contributed by atoms with Crippen molar-refractivity contribution < 1.29 is 0 Å². The minimum Gasteiger partial charge on any atom is -0.366 e. The van der Waals surface area contributed by atoms with Crippen LogP contribution in [-0.2, 0) is 19.4 Å². The molecule has 0 fully saturated rings. The van der Waals surface area contributed by atoms with Crippen LogP contribution in [0, 0.1) is 12.3 Å². The molecule has 2 N–H and O–H groups in total. The van der Waals surface area contributed by atoms with Crippen molar-refractivity contribution in [1.82, 2.24) is 25.1 Å². The molecular formula is C20H23ClN6. The first-order valence-corrected chi connectivity index (χ1v) is 9.53. The Bertz CT molecular complexity index is 961. The number of aromatic amines is 1. The number of H-pyrrole nitrogens is 1. The van der Waals surface area contributed by atoms with Gasteiger partial charge in [0.2, 0.25) is 0 Å². The number of anilines is 1. The van der Waals surface area contributed by atoms with Crippen LogP contribution in [0.15, 0.2) is 24.5 Å². The van der Waals surface area contributed by atoms with E-state index in [0.717, 1.165) is 41.9 Å². The number of aromatic nitrogens is 5. The van der Waals surface area contributed by atoms with E-state index in [2.05, 4.69) is 44.3 Å². The van der Waals surface area contributed by atoms with E-state index in [4.69, 9.17) is 11.6 Å². The first kappa shape index (κ1) is 17.9. The molecular weight excluding hydrogens is 360 g/mol. The molecule has 0 aromatic carbocycles. The van der Waals surface area contributed by atoms with Crippen LogP contribution >= 0.6 is 11.6 Å². The average Bonchev–Trinajstić information content (AvgIpc) is 3.02. The molecule has 7 heteroatoms. The predicted molar refractivity (Wildman–Crippen MR) is 107 cm³/mol. The molecule has 140 valence electrons. The largest absolute Gasteiger partial charge is 0.366 e. The van der Waals surface area contributed by atoms with Gasteiger partial charge in [-0.1, -0.05) is 25.4 Å². The zero-order valence-corrected chi connectivity index (χ0v) is 16.6. The quantitative estimate of drug-likeness (QED) is 0.656. The maximum Gasteiger partial charge on any atom is 0.132 e. The van der Waals surface area contributed by atoms with Crippen molar-refractivity contribution in [3.8, 4) is 11.3 Å². The third kappa shape index (κ3) is 3.95. The minimum absolute atomic E-state index is 0.315. The van der Waals surface area contributed by atoms with Crippen molar-refractivity contribution in [2.75, 3.05) is 5.32 Å². The molecule has 1 aliphatic rings. The SMILES string of the molecule is Cc1ncc(CNc2cc(-c3n[nH]c4c3CCC(C)(C)C4)cc(Cl)n2)cn1. The summed E-state index contributed by atoms with van der Waals surface area (Å²) in [5, 5.41) is 11.6. The highest BCUT2D eigenvalue weighted by Gasteiger charge is 2.29. The summed E-state index contributed by atoms with van der Waals surface area (Å²) in [6.45, 7) is 7.06. The van der Waals surface area contributed by atoms with Crippen LogP contribution in [0.4, 0.5) is 5.82 Å². The molecule has 0 unspecified atom stereocenters. The highest BCUT2D eigenvalue weighted by molar-refractivity contribution is 6.29. The fourth-order valence-corrected chi connectivity index (χ4v) is 3.72. The zero-order valence-electron chi connectivity index (χ0n) is 15.8. The molecule has 4 rings (SSSR count). The first-order valence-electron chi connectivity index (χ1n) is 9.15. The van der Waals surface area contributed by atoms with Gasteiger partial charge in [-0.2, -0.15) is 5.10 Å². The molecule has 3 aromatic rings. The van der Waals surface area contributed by atoms with Gasteiger partial charge in [-0.05, 0) is 43.7 Å². The number of hydrogen-bond donors (Lipinski definition) is 2. The van der Waals surface area contributed by atoms with Crippen LogP contribution in [0.5, 0.6) is 0 Å². The summed E-state index contributed by atoms with van der Waals surface area (Å²) in [6.07, 6.45) is 6.83. The van der Waals surface area contributed by atoms with Crippen molar-refractivity contribution in [2.24, 2.45) is 5.41 Å². The van der Waals surface area contributed by atoms with Gasteiger partial charge in [0, 0.05) is 41.3 Å². The van der Waals surface area contributed by atoms with Crippen molar-refractivity contribution in [3.63, 3.8) is 0 Å². The Balaban J connectivity index is 1.58. The Hall–Kier alpha value is -2.47. The van der Waals surface area contributed by atoms with Gasteiger partial charge in [-0.15, -0.1) is 0 Å². The molecule has 1 aliphatic carbocycles. The number of nitrogens with one attached hydrogen (secondary N) is 2. The molecule has 27 heavy (non-hydrogen) atoms. The lowest BCUT2D eigenvalue weighted by Gasteiger charge is -2.29. The summed E-state index contributed by atoms with van der Waals surface area (Å²) < 4.78 is 0. The lowest BCUT2D eigenvalue weighted by molar-refractivity contribution is 0.312. The maximum absolute atomic E-state index is 6.28. The molecule has 0 aliphatic heterocycles. The summed E-state index contributed by atoms with van der Waals surface area (Å²) >= 11 is 6.28. The summed E-state index contributed by atoms with van der Waals surface area (Å²) in [5.74, 6) is 1.47. The Kier molecular flexibility index (Phi) is 4.60. The molecule has 0 radical (unpaired) electrons. The van der Waals surface area contributed by atoms with Gasteiger partial charge in [0.1, 0.15) is 16.8 Å². The zero-order chi connectivity index (χ0) is 19.0. The summed E-state index contributed by atoms with van der Waals surface area (Å²) in [5.41, 5.74) is 5.80. The Morgan fingerprint density at radius 3 is 2.78 bits per heavy atom. The van der Waals surface area contributed by atoms with Crippen LogP contribution in [0.1, 0.15) is 42.9 Å². The molecule has 0 amide bonds. The van der Waals surface area contributed by atoms with Crippen LogP contribution in [-0.4, -0.2) is 25.1 Å². The van der Waals surface area contributed by atoms with E-state index in [1.807, 2.05) is 31.5 Å². The van der Waals surface area contributed by atoms with Crippen molar-refractivity contribution in [1.29, 1.82) is 0 Å². The van der Waals surface area contributed by atoms with E-state index >= 15 is 0 Å². The van der Waals surface area contributed by atoms with Gasteiger partial charge in [-0.25, -0.2) is 15.0 Å². The highest BCUT2D eigenvalue weighted by Crippen LogP contribution is 2.38. The Labute approximate surface area is 163 Å². The second kappa shape index (κ2) is 6.93. The van der Waals surface area contributed by atoms with E-state index in [9.17, 15) is 0 Å². The van der Waals surface area contributed by atoms with Crippen molar-refractivity contribution in [2.45, 2.75) is 46.6 Å². The first-order chi connectivity index (χ1) is 12.9. The van der Waals surface area contributed by atoms with Gasteiger partial charge >= 0.3 is 0 Å². The van der Waals surface area contributed by atoms with Gasteiger partial charge in [-0.3, -0.25) is 5.10 Å².